The van der Waals surface area contributed by atoms with Crippen molar-refractivity contribution in [2.75, 3.05) is 26.4 Å². The average molecular weight is 472 g/mol. The molecule has 0 saturated carbocycles. The molecule has 0 radical (unpaired) electrons. The van der Waals surface area contributed by atoms with Crippen molar-refractivity contribution >= 4 is 22.8 Å². The van der Waals surface area contributed by atoms with Crippen molar-refractivity contribution in [1.82, 2.24) is 4.90 Å². The molecule has 1 fully saturated rings. The first-order valence-corrected chi connectivity index (χ1v) is 12.2. The van der Waals surface area contributed by atoms with Gasteiger partial charge in [0.2, 0.25) is 0 Å². The molecule has 0 unspecified atom stereocenters. The zero-order chi connectivity index (χ0) is 24.6. The van der Waals surface area contributed by atoms with Gasteiger partial charge in [0.25, 0.3) is 0 Å². The molecule has 2 aromatic carbocycles. The topological polar surface area (TPSA) is 74.1 Å². The van der Waals surface area contributed by atoms with Gasteiger partial charge in [0, 0.05) is 19.4 Å². The van der Waals surface area contributed by atoms with Crippen molar-refractivity contribution < 1.29 is 28.5 Å². The van der Waals surface area contributed by atoms with E-state index in [1.54, 1.807) is 4.90 Å². The highest BCUT2D eigenvalue weighted by Gasteiger charge is 2.39. The number of benzene rings is 2. The Balaban J connectivity index is 1.37. The average Bonchev–Trinajstić information content (AvgIpc) is 3.54. The van der Waals surface area contributed by atoms with E-state index in [-0.39, 0.29) is 18.1 Å². The van der Waals surface area contributed by atoms with Crippen LogP contribution in [0.3, 0.4) is 0 Å². The Morgan fingerprint density at radius 3 is 2.26 bits per heavy atom. The van der Waals surface area contributed by atoms with Gasteiger partial charge in [0.15, 0.2) is 0 Å². The predicted molar refractivity (Wildman–Crippen MR) is 131 cm³/mol. The van der Waals surface area contributed by atoms with E-state index in [0.29, 0.717) is 26.2 Å². The van der Waals surface area contributed by atoms with Crippen molar-refractivity contribution in [3.8, 4) is 11.5 Å². The molecule has 0 N–H and O–H groups in total. The quantitative estimate of drug-likeness (QED) is 0.224. The summed E-state index contributed by atoms with van der Waals surface area (Å²) < 4.78 is 22.2. The minimum absolute atomic E-state index is 0.144. The first-order chi connectivity index (χ1) is 16.2. The fraction of sp³-hybridized carbons (Fsp3) is 0.556. The Kier molecular flexibility index (Phi) is 9.02. The van der Waals surface area contributed by atoms with Gasteiger partial charge in [0.05, 0.1) is 25.9 Å². The molecule has 1 heterocycles. The zero-order valence-corrected chi connectivity index (χ0v) is 20.8. The van der Waals surface area contributed by atoms with Crippen LogP contribution in [0.2, 0.25) is 0 Å². The van der Waals surface area contributed by atoms with E-state index in [2.05, 4.69) is 0 Å². The summed E-state index contributed by atoms with van der Waals surface area (Å²) in [7, 11) is 0. The van der Waals surface area contributed by atoms with Crippen LogP contribution >= 0.6 is 0 Å². The van der Waals surface area contributed by atoms with Crippen LogP contribution in [-0.2, 0) is 14.3 Å². The fourth-order valence-electron chi connectivity index (χ4n) is 3.68. The number of amides is 1. The molecule has 1 amide bonds. The molecule has 2 aromatic rings. The summed E-state index contributed by atoms with van der Waals surface area (Å²) in [5.41, 5.74) is -0.427. The molecule has 3 rings (SSSR count). The van der Waals surface area contributed by atoms with Gasteiger partial charge in [-0.25, -0.2) is 4.79 Å². The number of fused-ring (bicyclic) bond motifs is 1. The summed E-state index contributed by atoms with van der Waals surface area (Å²) >= 11 is 0. The molecule has 0 bridgehead atoms. The van der Waals surface area contributed by atoms with Crippen LogP contribution in [0.5, 0.6) is 11.5 Å². The van der Waals surface area contributed by atoms with Crippen LogP contribution in [-0.4, -0.2) is 55.0 Å². The number of carbonyl (C=O) groups excluding carboxylic acids is 2. The van der Waals surface area contributed by atoms with Crippen LogP contribution in [0.25, 0.3) is 10.8 Å². The first kappa shape index (κ1) is 25.7. The molecule has 186 valence electrons. The van der Waals surface area contributed by atoms with Gasteiger partial charge in [-0.1, -0.05) is 12.1 Å². The lowest BCUT2D eigenvalue weighted by atomic mass is 10.1. The maximum atomic E-state index is 11.7. The number of hydrogen-bond donors (Lipinski definition) is 0. The highest BCUT2D eigenvalue weighted by atomic mass is 16.6. The summed E-state index contributed by atoms with van der Waals surface area (Å²) in [5, 5.41) is 2.17. The Morgan fingerprint density at radius 1 is 0.941 bits per heavy atom. The highest BCUT2D eigenvalue weighted by Crippen LogP contribution is 2.27. The summed E-state index contributed by atoms with van der Waals surface area (Å²) in [6.07, 6.45) is 3.59. The van der Waals surface area contributed by atoms with Crippen LogP contribution < -0.4 is 9.47 Å². The minimum Gasteiger partial charge on any atom is -0.494 e. The normalized spacial score (nSPS) is 15.2. The Morgan fingerprint density at radius 2 is 1.62 bits per heavy atom. The number of hydrogen-bond acceptors (Lipinski definition) is 6. The maximum Gasteiger partial charge on any atom is 0.410 e. The molecule has 7 nitrogen and oxygen atoms in total. The highest BCUT2D eigenvalue weighted by molar-refractivity contribution is 5.85. The van der Waals surface area contributed by atoms with E-state index >= 15 is 0 Å². The monoisotopic (exact) mass is 471 g/mol. The number of esters is 1. The third-order valence-corrected chi connectivity index (χ3v) is 5.43. The molecule has 1 aliphatic heterocycles. The van der Waals surface area contributed by atoms with Crippen molar-refractivity contribution in [3.63, 3.8) is 0 Å². The standard InChI is InChI=1S/C27H37NO6/c1-5-31-26(30)28-19-22(28)14-16-33-24-13-11-20-10-12-23(17-21(20)18-24)32-15-8-6-7-9-25(29)34-27(2,3)4/h10-13,17-18,22H,5-9,14-16,19H2,1-4H3/t22-,28?/m1/s1. The zero-order valence-electron chi connectivity index (χ0n) is 20.8. The van der Waals surface area contributed by atoms with Gasteiger partial charge in [-0.2, -0.15) is 0 Å². The van der Waals surface area contributed by atoms with Crippen LogP contribution in [0.4, 0.5) is 4.79 Å². The first-order valence-electron chi connectivity index (χ1n) is 12.2. The van der Waals surface area contributed by atoms with Crippen molar-refractivity contribution in [1.29, 1.82) is 0 Å². The Bertz CT molecular complexity index is 967. The Hall–Kier alpha value is -2.96. The van der Waals surface area contributed by atoms with E-state index in [0.717, 1.165) is 54.5 Å². The molecule has 0 spiro atoms. The van der Waals surface area contributed by atoms with Gasteiger partial charge in [0.1, 0.15) is 17.1 Å². The number of carbonyl (C=O) groups is 2. The van der Waals surface area contributed by atoms with Crippen molar-refractivity contribution in [2.45, 2.75) is 71.4 Å². The van der Waals surface area contributed by atoms with E-state index in [4.69, 9.17) is 18.9 Å². The summed E-state index contributed by atoms with van der Waals surface area (Å²) in [6, 6.07) is 12.3. The number of nitrogens with zero attached hydrogens (tertiary/aromatic N) is 1. The molecule has 7 heteroatoms. The fourth-order valence-corrected chi connectivity index (χ4v) is 3.68. The van der Waals surface area contributed by atoms with Crippen LogP contribution in [0, 0.1) is 0 Å². The number of rotatable bonds is 12. The third kappa shape index (κ3) is 8.43. The SMILES string of the molecule is CCOC(=O)N1C[C@H]1CCOc1ccc2ccc(OCCCCCC(=O)OC(C)(C)C)cc2c1. The van der Waals surface area contributed by atoms with E-state index in [1.807, 2.05) is 64.1 Å². The second-order valence-electron chi connectivity index (χ2n) is 9.56. The van der Waals surface area contributed by atoms with Crippen LogP contribution in [0.1, 0.15) is 59.8 Å². The summed E-state index contributed by atoms with van der Waals surface area (Å²) in [4.78, 5) is 25.1. The lowest BCUT2D eigenvalue weighted by Crippen LogP contribution is -2.23. The summed E-state index contributed by atoms with van der Waals surface area (Å²) in [6.45, 7) is 9.74. The lowest BCUT2D eigenvalue weighted by molar-refractivity contribution is -0.154. The largest absolute Gasteiger partial charge is 0.494 e. The van der Waals surface area contributed by atoms with E-state index < -0.39 is 5.60 Å². The molecule has 34 heavy (non-hydrogen) atoms. The molecule has 1 saturated heterocycles. The smallest absolute Gasteiger partial charge is 0.410 e. The molecular weight excluding hydrogens is 434 g/mol. The van der Waals surface area contributed by atoms with Crippen molar-refractivity contribution in [3.05, 3.63) is 36.4 Å². The van der Waals surface area contributed by atoms with Crippen LogP contribution in [0.15, 0.2) is 36.4 Å². The third-order valence-electron chi connectivity index (χ3n) is 5.43. The molecule has 0 aliphatic carbocycles. The molecule has 1 atom stereocenters. The number of ether oxygens (including phenoxy) is 4. The second kappa shape index (κ2) is 12.0. The van der Waals surface area contributed by atoms with E-state index in [9.17, 15) is 9.59 Å². The maximum absolute atomic E-state index is 11.7. The number of unbranched alkanes of at least 4 members (excludes halogenated alkanes) is 2. The van der Waals surface area contributed by atoms with Gasteiger partial charge < -0.3 is 23.8 Å². The van der Waals surface area contributed by atoms with E-state index in [1.165, 1.54) is 0 Å². The van der Waals surface area contributed by atoms with Gasteiger partial charge in [-0.3, -0.25) is 4.79 Å². The molecular formula is C27H37NO6. The van der Waals surface area contributed by atoms with Crippen molar-refractivity contribution in [2.24, 2.45) is 0 Å². The molecule has 0 aromatic heterocycles. The Labute approximate surface area is 202 Å². The lowest BCUT2D eigenvalue weighted by Gasteiger charge is -2.19. The van der Waals surface area contributed by atoms with Gasteiger partial charge in [-0.15, -0.1) is 0 Å². The predicted octanol–water partition coefficient (Wildman–Crippen LogP) is 5.73. The van der Waals surface area contributed by atoms with Gasteiger partial charge >= 0.3 is 12.1 Å². The second-order valence-corrected chi connectivity index (χ2v) is 9.56. The van der Waals surface area contributed by atoms with Gasteiger partial charge in [-0.05, 0) is 82.0 Å². The summed E-state index contributed by atoms with van der Waals surface area (Å²) in [5.74, 6) is 1.48. The molecule has 1 aliphatic rings. The minimum atomic E-state index is -0.427.